The number of carboxylic acid groups (broad SMARTS) is 1. The highest BCUT2D eigenvalue weighted by Gasteiger charge is 2.19. The van der Waals surface area contributed by atoms with Crippen LogP contribution in [0.25, 0.3) is 0 Å². The lowest BCUT2D eigenvalue weighted by Crippen LogP contribution is -2.21. The number of rotatable bonds is 3. The van der Waals surface area contributed by atoms with Crippen molar-refractivity contribution in [1.29, 1.82) is 0 Å². The van der Waals surface area contributed by atoms with E-state index in [0.29, 0.717) is 5.76 Å². The van der Waals surface area contributed by atoms with Crippen LogP contribution in [0.1, 0.15) is 23.8 Å². The van der Waals surface area contributed by atoms with Crippen LogP contribution in [0.15, 0.2) is 9.32 Å². The largest absolute Gasteiger partial charge is 0.481 e. The highest BCUT2D eigenvalue weighted by molar-refractivity contribution is 5.67. The highest BCUT2D eigenvalue weighted by Crippen LogP contribution is 2.13. The molecule has 1 heterocycles. The second kappa shape index (κ2) is 3.44. The van der Waals surface area contributed by atoms with Crippen LogP contribution in [-0.4, -0.2) is 16.2 Å². The summed E-state index contributed by atoms with van der Waals surface area (Å²) in [5, 5.41) is 10.5. The van der Waals surface area contributed by atoms with Gasteiger partial charge in [0, 0.05) is 6.04 Å². The molecule has 1 atom stereocenters. The number of carboxylic acids is 1. The van der Waals surface area contributed by atoms with Crippen molar-refractivity contribution in [2.24, 2.45) is 5.73 Å². The standard InChI is InChI=1S/C7H10N2O4/c1-3-6(7(12)9-13-3)4(8)2-5(10)11/h4H,2,8H2,1H3,(H,9,12)(H,10,11). The Balaban J connectivity index is 2.94. The lowest BCUT2D eigenvalue weighted by Gasteiger charge is -2.04. The maximum absolute atomic E-state index is 11.0. The van der Waals surface area contributed by atoms with Gasteiger partial charge in [0.2, 0.25) is 0 Å². The van der Waals surface area contributed by atoms with Gasteiger partial charge in [-0.3, -0.25) is 9.59 Å². The zero-order valence-corrected chi connectivity index (χ0v) is 7.03. The lowest BCUT2D eigenvalue weighted by molar-refractivity contribution is -0.137. The predicted molar refractivity (Wildman–Crippen MR) is 43.2 cm³/mol. The molecule has 0 aliphatic heterocycles. The van der Waals surface area contributed by atoms with Gasteiger partial charge in [-0.25, -0.2) is 0 Å². The Labute approximate surface area is 73.3 Å². The van der Waals surface area contributed by atoms with Crippen LogP contribution < -0.4 is 11.3 Å². The highest BCUT2D eigenvalue weighted by atomic mass is 16.5. The molecular formula is C7H10N2O4. The minimum atomic E-state index is -1.05. The normalized spacial score (nSPS) is 12.8. The van der Waals surface area contributed by atoms with E-state index in [1.165, 1.54) is 0 Å². The van der Waals surface area contributed by atoms with E-state index in [2.05, 4.69) is 9.68 Å². The molecule has 0 radical (unpaired) electrons. The van der Waals surface area contributed by atoms with Crippen LogP contribution in [0.3, 0.4) is 0 Å². The van der Waals surface area contributed by atoms with Gasteiger partial charge in [-0.2, -0.15) is 5.16 Å². The minimum Gasteiger partial charge on any atom is -0.481 e. The van der Waals surface area contributed by atoms with Gasteiger partial charge in [0.05, 0.1) is 12.0 Å². The summed E-state index contributed by atoms with van der Waals surface area (Å²) < 4.78 is 4.69. The van der Waals surface area contributed by atoms with Gasteiger partial charge in [0.25, 0.3) is 5.56 Å². The second-order valence-electron chi connectivity index (χ2n) is 2.71. The number of hydrogen-bond acceptors (Lipinski definition) is 4. The summed E-state index contributed by atoms with van der Waals surface area (Å²) in [4.78, 5) is 21.3. The number of aryl methyl sites for hydroxylation is 1. The maximum Gasteiger partial charge on any atom is 0.305 e. The van der Waals surface area contributed by atoms with Crippen molar-refractivity contribution in [2.75, 3.05) is 0 Å². The molecule has 0 amide bonds. The zero-order chi connectivity index (χ0) is 10.0. The topological polar surface area (TPSA) is 109 Å². The van der Waals surface area contributed by atoms with Crippen LogP contribution in [0.4, 0.5) is 0 Å². The van der Waals surface area contributed by atoms with Gasteiger partial charge in [-0.05, 0) is 6.92 Å². The Morgan fingerprint density at radius 2 is 2.38 bits per heavy atom. The number of aromatic amines is 1. The van der Waals surface area contributed by atoms with Gasteiger partial charge in [0.15, 0.2) is 0 Å². The van der Waals surface area contributed by atoms with Crippen LogP contribution >= 0.6 is 0 Å². The zero-order valence-electron chi connectivity index (χ0n) is 7.03. The van der Waals surface area contributed by atoms with E-state index in [1.54, 1.807) is 6.92 Å². The van der Waals surface area contributed by atoms with E-state index in [0.717, 1.165) is 0 Å². The second-order valence-corrected chi connectivity index (χ2v) is 2.71. The molecule has 1 aromatic heterocycles. The van der Waals surface area contributed by atoms with Crippen molar-refractivity contribution in [3.8, 4) is 0 Å². The Morgan fingerprint density at radius 1 is 1.77 bits per heavy atom. The summed E-state index contributed by atoms with van der Waals surface area (Å²) in [5.74, 6) is -0.716. The number of carbonyl (C=O) groups is 1. The Hall–Kier alpha value is -1.56. The van der Waals surface area contributed by atoms with Crippen LogP contribution in [0, 0.1) is 6.92 Å². The van der Waals surface area contributed by atoms with E-state index in [4.69, 9.17) is 10.8 Å². The van der Waals surface area contributed by atoms with E-state index in [-0.39, 0.29) is 12.0 Å². The number of H-pyrrole nitrogens is 1. The molecule has 1 unspecified atom stereocenters. The summed E-state index contributed by atoms with van der Waals surface area (Å²) in [6, 6.07) is -0.819. The van der Waals surface area contributed by atoms with Gasteiger partial charge in [-0.15, -0.1) is 0 Å². The van der Waals surface area contributed by atoms with E-state index < -0.39 is 17.6 Å². The van der Waals surface area contributed by atoms with E-state index >= 15 is 0 Å². The van der Waals surface area contributed by atoms with Crippen LogP contribution in [0.5, 0.6) is 0 Å². The molecule has 6 nitrogen and oxygen atoms in total. The first kappa shape index (κ1) is 9.53. The summed E-state index contributed by atoms with van der Waals surface area (Å²) in [5.41, 5.74) is 5.21. The molecule has 13 heavy (non-hydrogen) atoms. The van der Waals surface area contributed by atoms with Crippen molar-refractivity contribution in [3.05, 3.63) is 21.7 Å². The summed E-state index contributed by atoms with van der Waals surface area (Å²) >= 11 is 0. The van der Waals surface area contributed by atoms with Gasteiger partial charge >= 0.3 is 5.97 Å². The number of nitrogens with one attached hydrogen (secondary N) is 1. The van der Waals surface area contributed by atoms with Crippen LogP contribution in [0.2, 0.25) is 0 Å². The maximum atomic E-state index is 11.0. The van der Waals surface area contributed by atoms with Crippen molar-refractivity contribution >= 4 is 5.97 Å². The first-order valence-corrected chi connectivity index (χ1v) is 3.67. The fourth-order valence-electron chi connectivity index (χ4n) is 1.11. The number of hydrogen-bond donors (Lipinski definition) is 3. The third kappa shape index (κ3) is 1.97. The molecule has 0 fully saturated rings. The molecule has 0 aliphatic carbocycles. The Bertz CT molecular complexity index is 365. The number of aromatic nitrogens is 1. The summed E-state index contributed by atoms with van der Waals surface area (Å²) in [6.45, 7) is 1.55. The molecule has 1 rings (SSSR count). The molecule has 0 saturated carbocycles. The fourth-order valence-corrected chi connectivity index (χ4v) is 1.11. The third-order valence-electron chi connectivity index (χ3n) is 1.69. The van der Waals surface area contributed by atoms with Crippen LogP contribution in [-0.2, 0) is 4.79 Å². The molecule has 4 N–H and O–H groups in total. The minimum absolute atomic E-state index is 0.197. The van der Waals surface area contributed by atoms with Crippen molar-refractivity contribution in [1.82, 2.24) is 5.16 Å². The van der Waals surface area contributed by atoms with Crippen molar-refractivity contribution in [2.45, 2.75) is 19.4 Å². The van der Waals surface area contributed by atoms with Gasteiger partial charge in [0.1, 0.15) is 5.76 Å². The monoisotopic (exact) mass is 186 g/mol. The first-order chi connectivity index (χ1) is 6.02. The third-order valence-corrected chi connectivity index (χ3v) is 1.69. The predicted octanol–water partition coefficient (Wildman–Crippen LogP) is -0.249. The van der Waals surface area contributed by atoms with E-state index in [1.807, 2.05) is 0 Å². The molecule has 0 saturated heterocycles. The first-order valence-electron chi connectivity index (χ1n) is 3.67. The Kier molecular flexibility index (Phi) is 2.52. The SMILES string of the molecule is Cc1o[nH]c(=O)c1C(N)CC(=O)O. The average molecular weight is 186 g/mol. The molecular weight excluding hydrogens is 176 g/mol. The quantitative estimate of drug-likeness (QED) is 0.603. The summed E-state index contributed by atoms with van der Waals surface area (Å²) in [7, 11) is 0. The number of nitrogens with two attached hydrogens (primary N) is 1. The van der Waals surface area contributed by atoms with E-state index in [9.17, 15) is 9.59 Å². The Morgan fingerprint density at radius 3 is 2.77 bits per heavy atom. The lowest BCUT2D eigenvalue weighted by atomic mass is 10.1. The molecule has 72 valence electrons. The molecule has 0 spiro atoms. The van der Waals surface area contributed by atoms with Gasteiger partial charge < -0.3 is 15.4 Å². The van der Waals surface area contributed by atoms with Gasteiger partial charge in [-0.1, -0.05) is 0 Å². The van der Waals surface area contributed by atoms with Crippen molar-refractivity contribution in [3.63, 3.8) is 0 Å². The molecule has 0 aromatic carbocycles. The summed E-state index contributed by atoms with van der Waals surface area (Å²) in [6.07, 6.45) is -0.288. The smallest absolute Gasteiger partial charge is 0.305 e. The average Bonchev–Trinajstić information content (AvgIpc) is 2.29. The molecule has 0 bridgehead atoms. The molecule has 1 aromatic rings. The number of aliphatic carboxylic acids is 1. The molecule has 0 aliphatic rings. The fraction of sp³-hybridized carbons (Fsp3) is 0.429. The van der Waals surface area contributed by atoms with Crippen molar-refractivity contribution < 1.29 is 14.4 Å². The molecule has 6 heteroatoms.